The molecule has 0 aromatic carbocycles. The van der Waals surface area contributed by atoms with E-state index in [0.717, 1.165) is 0 Å². The average molecular weight is 272 g/mol. The largest absolute Gasteiger partial charge is 0.314 e. The van der Waals surface area contributed by atoms with Crippen molar-refractivity contribution in [1.82, 2.24) is 19.4 Å². The van der Waals surface area contributed by atoms with E-state index in [1.165, 1.54) is 0 Å². The summed E-state index contributed by atoms with van der Waals surface area (Å²) in [6.45, 7) is 7.65. The highest BCUT2D eigenvalue weighted by molar-refractivity contribution is 7.89. The summed E-state index contributed by atoms with van der Waals surface area (Å²) in [5.41, 5.74) is 0. The molecule has 2 heterocycles. The first-order valence-electron chi connectivity index (χ1n) is 6.20. The van der Waals surface area contributed by atoms with Crippen LogP contribution in [0.4, 0.5) is 0 Å². The van der Waals surface area contributed by atoms with Gasteiger partial charge in [0.25, 0.3) is 10.0 Å². The van der Waals surface area contributed by atoms with Crippen LogP contribution in [0.25, 0.3) is 0 Å². The number of sulfonamides is 1. The molecule has 0 radical (unpaired) electrons. The molecule has 1 atom stereocenters. The Morgan fingerprint density at radius 3 is 2.83 bits per heavy atom. The van der Waals surface area contributed by atoms with Crippen molar-refractivity contribution in [2.75, 3.05) is 19.6 Å². The summed E-state index contributed by atoms with van der Waals surface area (Å²) in [6, 6.07) is 1.58. The zero-order valence-electron chi connectivity index (χ0n) is 11.0. The third-order valence-electron chi connectivity index (χ3n) is 3.14. The van der Waals surface area contributed by atoms with Crippen molar-refractivity contribution in [2.45, 2.75) is 37.9 Å². The lowest BCUT2D eigenvalue weighted by Gasteiger charge is -2.33. The number of rotatable bonds is 3. The van der Waals surface area contributed by atoms with E-state index in [9.17, 15) is 8.42 Å². The Bertz CT molecular complexity index is 509. The highest BCUT2D eigenvalue weighted by Crippen LogP contribution is 2.21. The van der Waals surface area contributed by atoms with Crippen molar-refractivity contribution in [3.63, 3.8) is 0 Å². The number of piperazine rings is 1. The van der Waals surface area contributed by atoms with Crippen molar-refractivity contribution in [2.24, 2.45) is 0 Å². The van der Waals surface area contributed by atoms with Gasteiger partial charge in [0, 0.05) is 31.7 Å². The van der Waals surface area contributed by atoms with Crippen LogP contribution in [0.15, 0.2) is 17.3 Å². The summed E-state index contributed by atoms with van der Waals surface area (Å²) in [5.74, 6) is 0. The quantitative estimate of drug-likeness (QED) is 0.867. The molecule has 0 aliphatic carbocycles. The second kappa shape index (κ2) is 4.99. The van der Waals surface area contributed by atoms with E-state index in [0.29, 0.717) is 19.6 Å². The van der Waals surface area contributed by atoms with Crippen LogP contribution in [0.5, 0.6) is 0 Å². The van der Waals surface area contributed by atoms with Crippen LogP contribution >= 0.6 is 0 Å². The van der Waals surface area contributed by atoms with E-state index in [1.54, 1.807) is 21.3 Å². The van der Waals surface area contributed by atoms with Crippen LogP contribution in [0.3, 0.4) is 0 Å². The minimum atomic E-state index is -3.45. The van der Waals surface area contributed by atoms with Gasteiger partial charge < -0.3 is 5.32 Å². The van der Waals surface area contributed by atoms with Gasteiger partial charge in [-0.25, -0.2) is 8.42 Å². The Labute approximate surface area is 108 Å². The van der Waals surface area contributed by atoms with E-state index < -0.39 is 10.0 Å². The molecule has 1 aromatic rings. The van der Waals surface area contributed by atoms with E-state index in [2.05, 4.69) is 10.4 Å². The lowest BCUT2D eigenvalue weighted by molar-refractivity contribution is 0.280. The highest BCUT2D eigenvalue weighted by atomic mass is 32.2. The Morgan fingerprint density at radius 1 is 1.50 bits per heavy atom. The summed E-state index contributed by atoms with van der Waals surface area (Å²) in [6.07, 6.45) is 1.54. The first-order valence-corrected chi connectivity index (χ1v) is 7.64. The molecule has 1 saturated heterocycles. The monoisotopic (exact) mass is 272 g/mol. The summed E-state index contributed by atoms with van der Waals surface area (Å²) in [7, 11) is -3.45. The fraction of sp³-hybridized carbons (Fsp3) is 0.727. The molecule has 1 aliphatic heterocycles. The van der Waals surface area contributed by atoms with Crippen molar-refractivity contribution in [3.05, 3.63) is 12.3 Å². The summed E-state index contributed by atoms with van der Waals surface area (Å²) in [5, 5.41) is 7.57. The lowest BCUT2D eigenvalue weighted by Crippen LogP contribution is -2.52. The first-order chi connectivity index (χ1) is 8.44. The topological polar surface area (TPSA) is 67.2 Å². The van der Waals surface area contributed by atoms with Crippen LogP contribution in [0.1, 0.15) is 26.8 Å². The van der Waals surface area contributed by atoms with Gasteiger partial charge in [0.05, 0.1) is 6.20 Å². The van der Waals surface area contributed by atoms with Crippen molar-refractivity contribution in [1.29, 1.82) is 0 Å². The molecule has 2 rings (SSSR count). The Morgan fingerprint density at radius 2 is 2.22 bits per heavy atom. The normalized spacial score (nSPS) is 22.6. The van der Waals surface area contributed by atoms with Crippen molar-refractivity contribution in [3.8, 4) is 0 Å². The maximum absolute atomic E-state index is 12.6. The zero-order valence-corrected chi connectivity index (χ0v) is 11.8. The maximum Gasteiger partial charge on any atom is 0.260 e. The third kappa shape index (κ3) is 2.30. The van der Waals surface area contributed by atoms with E-state index in [1.807, 2.05) is 20.8 Å². The molecule has 0 amide bonds. The van der Waals surface area contributed by atoms with Crippen LogP contribution in [0, 0.1) is 0 Å². The minimum absolute atomic E-state index is 0.0285. The Hall–Kier alpha value is -0.920. The predicted molar refractivity (Wildman–Crippen MR) is 68.8 cm³/mol. The van der Waals surface area contributed by atoms with Gasteiger partial charge in [-0.3, -0.25) is 4.68 Å². The molecule has 1 aliphatic rings. The smallest absolute Gasteiger partial charge is 0.260 e. The Balaban J connectivity index is 2.38. The lowest BCUT2D eigenvalue weighted by atomic mass is 10.3. The zero-order chi connectivity index (χ0) is 13.3. The summed E-state index contributed by atoms with van der Waals surface area (Å²) in [4.78, 5) is 0. The van der Waals surface area contributed by atoms with Crippen molar-refractivity contribution >= 4 is 10.0 Å². The number of nitrogens with zero attached hydrogens (tertiary/aromatic N) is 3. The molecule has 1 fully saturated rings. The van der Waals surface area contributed by atoms with Gasteiger partial charge in [-0.2, -0.15) is 9.40 Å². The van der Waals surface area contributed by atoms with E-state index in [-0.39, 0.29) is 17.1 Å². The molecule has 0 saturated carbocycles. The number of hydrogen-bond acceptors (Lipinski definition) is 4. The molecule has 7 heteroatoms. The van der Waals surface area contributed by atoms with Crippen LogP contribution in [0.2, 0.25) is 0 Å². The fourth-order valence-electron chi connectivity index (χ4n) is 2.19. The Kier molecular flexibility index (Phi) is 3.74. The second-order valence-corrected chi connectivity index (χ2v) is 6.71. The van der Waals surface area contributed by atoms with Crippen LogP contribution in [-0.4, -0.2) is 48.2 Å². The molecular formula is C11H20N4O2S. The summed E-state index contributed by atoms with van der Waals surface area (Å²) >= 11 is 0. The maximum atomic E-state index is 12.6. The molecule has 102 valence electrons. The van der Waals surface area contributed by atoms with Gasteiger partial charge in [0.2, 0.25) is 0 Å². The van der Waals surface area contributed by atoms with Crippen LogP contribution in [-0.2, 0) is 10.0 Å². The molecule has 0 unspecified atom stereocenters. The van der Waals surface area contributed by atoms with E-state index >= 15 is 0 Å². The van der Waals surface area contributed by atoms with Gasteiger partial charge in [-0.15, -0.1) is 0 Å². The fourth-order valence-corrected chi connectivity index (χ4v) is 4.04. The molecule has 18 heavy (non-hydrogen) atoms. The van der Waals surface area contributed by atoms with Gasteiger partial charge in [-0.05, 0) is 26.8 Å². The molecule has 0 spiro atoms. The number of nitrogens with one attached hydrogen (secondary N) is 1. The average Bonchev–Trinajstić information content (AvgIpc) is 2.78. The highest BCUT2D eigenvalue weighted by Gasteiger charge is 2.33. The second-order valence-electron chi connectivity index (χ2n) is 4.88. The standard InChI is InChI=1S/C11H20N4O2S/c1-9(2)15-11(4-5-13-15)18(16,17)14-7-6-12-8-10(14)3/h4-5,9-10,12H,6-8H2,1-3H3/t10-/m0/s1. The molecular weight excluding hydrogens is 252 g/mol. The predicted octanol–water partition coefficient (Wildman–Crippen LogP) is 0.446. The SMILES string of the molecule is CC(C)n1nccc1S(=O)(=O)N1CCNC[C@@H]1C. The number of aromatic nitrogens is 2. The van der Waals surface area contributed by atoms with Gasteiger partial charge in [0.1, 0.15) is 0 Å². The van der Waals surface area contributed by atoms with Crippen LogP contribution < -0.4 is 5.32 Å². The van der Waals surface area contributed by atoms with Gasteiger partial charge in [0.15, 0.2) is 5.03 Å². The number of hydrogen-bond donors (Lipinski definition) is 1. The molecule has 6 nitrogen and oxygen atoms in total. The first kappa shape index (κ1) is 13.5. The minimum Gasteiger partial charge on any atom is -0.314 e. The third-order valence-corrected chi connectivity index (χ3v) is 5.15. The van der Waals surface area contributed by atoms with Crippen molar-refractivity contribution < 1.29 is 8.42 Å². The summed E-state index contributed by atoms with van der Waals surface area (Å²) < 4.78 is 28.4. The molecule has 1 N–H and O–H groups in total. The van der Waals surface area contributed by atoms with Gasteiger partial charge in [-0.1, -0.05) is 0 Å². The molecule has 0 bridgehead atoms. The van der Waals surface area contributed by atoms with E-state index in [4.69, 9.17) is 0 Å². The molecule has 1 aromatic heterocycles. The van der Waals surface area contributed by atoms with Gasteiger partial charge >= 0.3 is 0 Å².